The molecule has 0 saturated carbocycles. The molecule has 7 nitrogen and oxygen atoms in total. The molecule has 0 N–H and O–H groups in total. The van der Waals surface area contributed by atoms with E-state index in [1.807, 2.05) is 42.5 Å². The molecule has 7 heteroatoms. The van der Waals surface area contributed by atoms with Crippen molar-refractivity contribution in [3.05, 3.63) is 170 Å². The molecule has 10 rings (SSSR count). The molecule has 0 bridgehead atoms. The van der Waals surface area contributed by atoms with E-state index in [1.165, 1.54) is 0 Å². The van der Waals surface area contributed by atoms with Crippen molar-refractivity contribution in [2.45, 2.75) is 0 Å². The minimum Gasteiger partial charge on any atom is -0.437 e. The number of furan rings is 1. The van der Waals surface area contributed by atoms with Crippen LogP contribution < -0.4 is 4.90 Å². The predicted molar refractivity (Wildman–Crippen MR) is 209 cm³/mol. The molecule has 0 saturated heterocycles. The number of hydrogen-bond donors (Lipinski definition) is 0. The molecule has 6 aromatic carbocycles. The summed E-state index contributed by atoms with van der Waals surface area (Å²) in [5, 5.41) is 22.1. The van der Waals surface area contributed by atoms with E-state index in [2.05, 4.69) is 152 Å². The van der Waals surface area contributed by atoms with Crippen LogP contribution >= 0.6 is 0 Å². The lowest BCUT2D eigenvalue weighted by molar-refractivity contribution is 0.655. The number of nitrogens with zero attached hydrogens (tertiary/aromatic N) is 6. The average Bonchev–Trinajstić information content (AvgIpc) is 3.61. The van der Waals surface area contributed by atoms with Crippen molar-refractivity contribution >= 4 is 60.9 Å². The van der Waals surface area contributed by atoms with E-state index >= 15 is 0 Å². The first-order valence-corrected chi connectivity index (χ1v) is 17.1. The Morgan fingerprint density at radius 2 is 0.942 bits per heavy atom. The molecule has 4 aromatic heterocycles. The van der Waals surface area contributed by atoms with Crippen molar-refractivity contribution in [3.63, 3.8) is 0 Å². The van der Waals surface area contributed by atoms with Gasteiger partial charge in [-0.3, -0.25) is 0 Å². The van der Waals surface area contributed by atoms with E-state index in [1.54, 1.807) is 6.20 Å². The smallest absolute Gasteiger partial charge is 0.227 e. The van der Waals surface area contributed by atoms with Crippen LogP contribution in [0.4, 0.5) is 17.1 Å². The van der Waals surface area contributed by atoms with Gasteiger partial charge < -0.3 is 9.32 Å². The summed E-state index contributed by atoms with van der Waals surface area (Å²) in [5.74, 6) is 0. The Morgan fingerprint density at radius 1 is 0.423 bits per heavy atom. The zero-order valence-corrected chi connectivity index (χ0v) is 27.8. The molecule has 0 amide bonds. The van der Waals surface area contributed by atoms with Crippen LogP contribution in [-0.4, -0.2) is 25.4 Å². The van der Waals surface area contributed by atoms with Crippen LogP contribution in [0.5, 0.6) is 0 Å². The fraction of sp³-hybridized carbons (Fsp3) is 0. The highest BCUT2D eigenvalue weighted by Gasteiger charge is 2.17. The van der Waals surface area contributed by atoms with Crippen LogP contribution in [0.25, 0.3) is 77.5 Å². The van der Waals surface area contributed by atoms with Gasteiger partial charge in [-0.1, -0.05) is 91.0 Å². The number of fused-ring (bicyclic) bond motifs is 5. The molecule has 0 aliphatic heterocycles. The van der Waals surface area contributed by atoms with Crippen molar-refractivity contribution in [1.29, 1.82) is 0 Å². The lowest BCUT2D eigenvalue weighted by atomic mass is 10.0. The zero-order valence-electron chi connectivity index (χ0n) is 27.8. The highest BCUT2D eigenvalue weighted by atomic mass is 16.3. The van der Waals surface area contributed by atoms with Gasteiger partial charge in [0.1, 0.15) is 5.58 Å². The van der Waals surface area contributed by atoms with Crippen molar-refractivity contribution in [2.75, 3.05) is 4.90 Å². The Balaban J connectivity index is 1.04. The molecule has 4 heterocycles. The van der Waals surface area contributed by atoms with Gasteiger partial charge in [0.05, 0.1) is 22.4 Å². The highest BCUT2D eigenvalue weighted by molar-refractivity contribution is 6.08. The van der Waals surface area contributed by atoms with Gasteiger partial charge >= 0.3 is 0 Å². The Bertz CT molecular complexity index is 2780. The number of para-hydroxylation sites is 1. The average molecular weight is 669 g/mol. The quantitative estimate of drug-likeness (QED) is 0.174. The first-order chi connectivity index (χ1) is 25.7. The maximum atomic E-state index is 6.26. The molecule has 0 radical (unpaired) electrons. The Hall–Kier alpha value is -7.25. The van der Waals surface area contributed by atoms with E-state index in [-0.39, 0.29) is 0 Å². The molecular weight excluding hydrogens is 641 g/mol. The SMILES string of the molecule is c1ccc2nnc(-c3ccc(N(c4ccc(-c5cc6ccccc6nn5)cc4)c4ccc(-c5cccc6c5oc5ncccc56)cc4)cc3)cc2c1. The lowest BCUT2D eigenvalue weighted by Crippen LogP contribution is -2.10. The van der Waals surface area contributed by atoms with E-state index in [9.17, 15) is 0 Å². The molecule has 0 atom stereocenters. The second-order valence-electron chi connectivity index (χ2n) is 12.7. The summed E-state index contributed by atoms with van der Waals surface area (Å²) in [6.45, 7) is 0. The molecule has 10 aromatic rings. The standard InChI is InChI=1S/C45H28N6O/c1-3-12-40-32(7-1)27-42(49-47-40)30-16-22-35(23-17-30)51(36-24-18-31(19-25-36)43-28-33-8-2-4-13-41(33)48-50-43)34-20-14-29(15-21-34)37-9-5-10-38-39-11-6-26-46-45(39)52-44(37)38/h1-28H. The van der Waals surface area contributed by atoms with Gasteiger partial charge in [0, 0.05) is 61.5 Å². The third-order valence-corrected chi connectivity index (χ3v) is 9.54. The van der Waals surface area contributed by atoms with Gasteiger partial charge in [-0.2, -0.15) is 0 Å². The first-order valence-electron chi connectivity index (χ1n) is 17.1. The van der Waals surface area contributed by atoms with E-state index in [0.717, 1.165) is 88.9 Å². The number of hydrogen-bond acceptors (Lipinski definition) is 7. The number of aromatic nitrogens is 5. The molecule has 52 heavy (non-hydrogen) atoms. The summed E-state index contributed by atoms with van der Waals surface area (Å²) in [7, 11) is 0. The van der Waals surface area contributed by atoms with Gasteiger partial charge in [-0.25, -0.2) is 4.98 Å². The Labute approximate surface area is 298 Å². The van der Waals surface area contributed by atoms with Gasteiger partial charge in [-0.05, 0) is 78.4 Å². The van der Waals surface area contributed by atoms with Crippen molar-refractivity contribution < 1.29 is 4.42 Å². The Kier molecular flexibility index (Phi) is 6.99. The lowest BCUT2D eigenvalue weighted by Gasteiger charge is -2.26. The van der Waals surface area contributed by atoms with Gasteiger partial charge in [-0.15, -0.1) is 20.4 Å². The maximum absolute atomic E-state index is 6.26. The first kappa shape index (κ1) is 29.6. The predicted octanol–water partition coefficient (Wildman–Crippen LogP) is 11.3. The number of anilines is 3. The third kappa shape index (κ3) is 5.20. The fourth-order valence-electron chi connectivity index (χ4n) is 6.91. The third-order valence-electron chi connectivity index (χ3n) is 9.54. The van der Waals surface area contributed by atoms with Gasteiger partial charge in [0.2, 0.25) is 5.71 Å². The zero-order chi connectivity index (χ0) is 34.4. The molecule has 244 valence electrons. The normalized spacial score (nSPS) is 11.5. The molecule has 0 spiro atoms. The molecule has 0 aliphatic rings. The summed E-state index contributed by atoms with van der Waals surface area (Å²) < 4.78 is 6.26. The second kappa shape index (κ2) is 12.3. The van der Waals surface area contributed by atoms with Crippen molar-refractivity contribution in [1.82, 2.24) is 25.4 Å². The van der Waals surface area contributed by atoms with Crippen LogP contribution in [0.2, 0.25) is 0 Å². The largest absolute Gasteiger partial charge is 0.437 e. The minimum atomic E-state index is 0.643. The summed E-state index contributed by atoms with van der Waals surface area (Å²) in [4.78, 5) is 6.70. The molecule has 0 fully saturated rings. The number of rotatable bonds is 6. The minimum absolute atomic E-state index is 0.643. The molecular formula is C45H28N6O. The topological polar surface area (TPSA) is 80.8 Å². The maximum Gasteiger partial charge on any atom is 0.227 e. The van der Waals surface area contributed by atoms with Crippen LogP contribution in [-0.2, 0) is 0 Å². The van der Waals surface area contributed by atoms with Crippen molar-refractivity contribution in [3.8, 4) is 33.6 Å². The van der Waals surface area contributed by atoms with Crippen LogP contribution in [0.15, 0.2) is 174 Å². The fourth-order valence-corrected chi connectivity index (χ4v) is 6.91. The van der Waals surface area contributed by atoms with Crippen molar-refractivity contribution in [2.24, 2.45) is 0 Å². The second-order valence-corrected chi connectivity index (χ2v) is 12.7. The highest BCUT2D eigenvalue weighted by Crippen LogP contribution is 2.39. The van der Waals surface area contributed by atoms with E-state index in [0.29, 0.717) is 5.71 Å². The summed E-state index contributed by atoms with van der Waals surface area (Å²) in [5.41, 5.74) is 12.0. The number of benzene rings is 6. The van der Waals surface area contributed by atoms with Crippen LogP contribution in [0.1, 0.15) is 0 Å². The summed E-state index contributed by atoms with van der Waals surface area (Å²) >= 11 is 0. The summed E-state index contributed by atoms with van der Waals surface area (Å²) in [6.07, 6.45) is 1.76. The van der Waals surface area contributed by atoms with Gasteiger partial charge in [0.25, 0.3) is 0 Å². The van der Waals surface area contributed by atoms with Crippen LogP contribution in [0, 0.1) is 0 Å². The summed E-state index contributed by atoms with van der Waals surface area (Å²) in [6, 6.07) is 56.0. The number of pyridine rings is 1. The Morgan fingerprint density at radius 3 is 1.52 bits per heavy atom. The van der Waals surface area contributed by atoms with Crippen LogP contribution in [0.3, 0.4) is 0 Å². The monoisotopic (exact) mass is 668 g/mol. The van der Waals surface area contributed by atoms with E-state index in [4.69, 9.17) is 4.42 Å². The van der Waals surface area contributed by atoms with E-state index < -0.39 is 0 Å². The molecule has 0 aliphatic carbocycles. The van der Waals surface area contributed by atoms with Gasteiger partial charge in [0.15, 0.2) is 0 Å². The molecule has 0 unspecified atom stereocenters.